The van der Waals surface area contributed by atoms with Crippen molar-refractivity contribution in [1.29, 1.82) is 0 Å². The molecule has 0 aromatic carbocycles. The molecule has 2 aliphatic rings. The fourth-order valence-electron chi connectivity index (χ4n) is 3.17. The van der Waals surface area contributed by atoms with Crippen LogP contribution < -0.4 is 5.73 Å². The molecule has 0 aromatic heterocycles. The van der Waals surface area contributed by atoms with Gasteiger partial charge in [-0.15, -0.1) is 0 Å². The Hall–Kier alpha value is -0.770. The number of rotatable bonds is 3. The van der Waals surface area contributed by atoms with Crippen LogP contribution in [0.1, 0.15) is 65.7 Å². The molecule has 1 atom stereocenters. The zero-order chi connectivity index (χ0) is 14.8. The van der Waals surface area contributed by atoms with Crippen molar-refractivity contribution >= 4 is 6.09 Å². The highest BCUT2D eigenvalue weighted by molar-refractivity contribution is 5.68. The molecule has 1 saturated carbocycles. The standard InChI is InChI=1S/C16H30N2O2/c1-15(2,3)20-14(19)18-11-4-6-13(12-18)7-10-16(17)8-5-9-16/h13H,4-12,17H2,1-3H3. The molecular weight excluding hydrogens is 252 g/mol. The SMILES string of the molecule is CC(C)(C)OC(=O)N1CCCC(CCC2(N)CCC2)C1. The number of amides is 1. The van der Waals surface area contributed by atoms with E-state index in [0.717, 1.165) is 32.4 Å². The van der Waals surface area contributed by atoms with E-state index in [4.69, 9.17) is 10.5 Å². The van der Waals surface area contributed by atoms with Gasteiger partial charge in [0.15, 0.2) is 0 Å². The first-order chi connectivity index (χ1) is 9.27. The number of nitrogens with zero attached hydrogens (tertiary/aromatic N) is 1. The van der Waals surface area contributed by atoms with E-state index in [1.807, 2.05) is 25.7 Å². The molecule has 0 aromatic rings. The van der Waals surface area contributed by atoms with E-state index in [1.165, 1.54) is 25.7 Å². The number of ether oxygens (including phenoxy) is 1. The minimum atomic E-state index is -0.405. The molecule has 1 aliphatic carbocycles. The van der Waals surface area contributed by atoms with E-state index in [0.29, 0.717) is 5.92 Å². The number of hydrogen-bond donors (Lipinski definition) is 1. The number of hydrogen-bond acceptors (Lipinski definition) is 3. The van der Waals surface area contributed by atoms with Crippen LogP contribution in [0.4, 0.5) is 4.79 Å². The van der Waals surface area contributed by atoms with Crippen molar-refractivity contribution in [2.75, 3.05) is 13.1 Å². The van der Waals surface area contributed by atoms with E-state index in [2.05, 4.69) is 0 Å². The fraction of sp³-hybridized carbons (Fsp3) is 0.938. The molecule has 0 spiro atoms. The zero-order valence-corrected chi connectivity index (χ0v) is 13.3. The van der Waals surface area contributed by atoms with Crippen LogP contribution in [-0.2, 0) is 4.74 Å². The lowest BCUT2D eigenvalue weighted by Gasteiger charge is -2.40. The Bertz CT molecular complexity index is 345. The van der Waals surface area contributed by atoms with Crippen molar-refractivity contribution in [3.8, 4) is 0 Å². The van der Waals surface area contributed by atoms with Crippen LogP contribution >= 0.6 is 0 Å². The molecular formula is C16H30N2O2. The summed E-state index contributed by atoms with van der Waals surface area (Å²) in [5, 5.41) is 0. The quantitative estimate of drug-likeness (QED) is 0.864. The molecule has 0 radical (unpaired) electrons. The smallest absolute Gasteiger partial charge is 0.410 e. The first-order valence-electron chi connectivity index (χ1n) is 8.04. The summed E-state index contributed by atoms with van der Waals surface area (Å²) in [5.74, 6) is 0.595. The molecule has 1 aliphatic heterocycles. The van der Waals surface area contributed by atoms with Crippen LogP contribution in [0.2, 0.25) is 0 Å². The number of piperidine rings is 1. The van der Waals surface area contributed by atoms with Gasteiger partial charge in [0.1, 0.15) is 5.60 Å². The summed E-state index contributed by atoms with van der Waals surface area (Å²) >= 11 is 0. The van der Waals surface area contributed by atoms with Crippen LogP contribution in [0.5, 0.6) is 0 Å². The van der Waals surface area contributed by atoms with E-state index in [-0.39, 0.29) is 11.6 Å². The molecule has 4 heteroatoms. The van der Waals surface area contributed by atoms with Crippen molar-refractivity contribution in [2.45, 2.75) is 76.9 Å². The lowest BCUT2D eigenvalue weighted by Crippen LogP contribution is -2.47. The monoisotopic (exact) mass is 282 g/mol. The average molecular weight is 282 g/mol. The lowest BCUT2D eigenvalue weighted by atomic mass is 9.73. The summed E-state index contributed by atoms with van der Waals surface area (Å²) in [6, 6.07) is 0. The number of carbonyl (C=O) groups is 1. The van der Waals surface area contributed by atoms with Crippen LogP contribution in [0.25, 0.3) is 0 Å². The van der Waals surface area contributed by atoms with Crippen LogP contribution in [0.15, 0.2) is 0 Å². The Morgan fingerprint density at radius 3 is 2.60 bits per heavy atom. The second kappa shape index (κ2) is 5.92. The molecule has 0 bridgehead atoms. The summed E-state index contributed by atoms with van der Waals surface area (Å²) in [5.41, 5.74) is 5.99. The van der Waals surface area contributed by atoms with Gasteiger partial charge in [0.2, 0.25) is 0 Å². The molecule has 1 unspecified atom stereocenters. The first-order valence-corrected chi connectivity index (χ1v) is 8.04. The van der Waals surface area contributed by atoms with Gasteiger partial charge in [-0.05, 0) is 71.6 Å². The van der Waals surface area contributed by atoms with Gasteiger partial charge in [0, 0.05) is 18.6 Å². The van der Waals surface area contributed by atoms with Crippen molar-refractivity contribution in [3.05, 3.63) is 0 Å². The first kappa shape index (κ1) is 15.6. The summed E-state index contributed by atoms with van der Waals surface area (Å²) in [7, 11) is 0. The third-order valence-electron chi connectivity index (χ3n) is 4.57. The van der Waals surface area contributed by atoms with Gasteiger partial charge < -0.3 is 15.4 Å². The third kappa shape index (κ3) is 4.37. The van der Waals surface area contributed by atoms with E-state index in [9.17, 15) is 4.79 Å². The van der Waals surface area contributed by atoms with Crippen molar-refractivity contribution in [1.82, 2.24) is 4.90 Å². The van der Waals surface area contributed by atoms with Gasteiger partial charge in [0.05, 0.1) is 0 Å². The molecule has 20 heavy (non-hydrogen) atoms. The van der Waals surface area contributed by atoms with E-state index in [1.54, 1.807) is 0 Å². The molecule has 4 nitrogen and oxygen atoms in total. The molecule has 1 amide bonds. The molecule has 1 saturated heterocycles. The van der Waals surface area contributed by atoms with Gasteiger partial charge in [-0.1, -0.05) is 0 Å². The summed E-state index contributed by atoms with van der Waals surface area (Å²) in [6.45, 7) is 7.42. The Kier molecular flexibility index (Phi) is 4.62. The fourth-order valence-corrected chi connectivity index (χ4v) is 3.17. The van der Waals surface area contributed by atoms with Crippen LogP contribution in [0, 0.1) is 5.92 Å². The predicted molar refractivity (Wildman–Crippen MR) is 80.5 cm³/mol. The highest BCUT2D eigenvalue weighted by atomic mass is 16.6. The Balaban J connectivity index is 1.77. The van der Waals surface area contributed by atoms with Crippen molar-refractivity contribution in [2.24, 2.45) is 11.7 Å². The minimum absolute atomic E-state index is 0.105. The largest absolute Gasteiger partial charge is 0.444 e. The molecule has 2 N–H and O–H groups in total. The second-order valence-corrected chi connectivity index (χ2v) is 7.69. The number of nitrogens with two attached hydrogens (primary N) is 1. The normalized spacial score (nSPS) is 26.0. The van der Waals surface area contributed by atoms with E-state index >= 15 is 0 Å². The minimum Gasteiger partial charge on any atom is -0.444 e. The molecule has 2 fully saturated rings. The highest BCUT2D eigenvalue weighted by Crippen LogP contribution is 2.35. The molecule has 116 valence electrons. The van der Waals surface area contributed by atoms with Crippen molar-refractivity contribution in [3.63, 3.8) is 0 Å². The van der Waals surface area contributed by atoms with Crippen LogP contribution in [0.3, 0.4) is 0 Å². The lowest BCUT2D eigenvalue weighted by molar-refractivity contribution is 0.0155. The maximum absolute atomic E-state index is 12.1. The number of likely N-dealkylation sites (tertiary alicyclic amines) is 1. The third-order valence-corrected chi connectivity index (χ3v) is 4.57. The topological polar surface area (TPSA) is 55.6 Å². The Labute approximate surface area is 123 Å². The molecule has 1 heterocycles. The van der Waals surface area contributed by atoms with Gasteiger partial charge in [0.25, 0.3) is 0 Å². The summed E-state index contributed by atoms with van der Waals surface area (Å²) in [6.07, 6.45) is 8.04. The predicted octanol–water partition coefficient (Wildman–Crippen LogP) is 3.30. The summed E-state index contributed by atoms with van der Waals surface area (Å²) < 4.78 is 5.47. The van der Waals surface area contributed by atoms with Gasteiger partial charge in [-0.3, -0.25) is 0 Å². The Morgan fingerprint density at radius 1 is 1.35 bits per heavy atom. The van der Waals surface area contributed by atoms with Gasteiger partial charge in [-0.25, -0.2) is 4.79 Å². The second-order valence-electron chi connectivity index (χ2n) is 7.69. The van der Waals surface area contributed by atoms with Crippen molar-refractivity contribution < 1.29 is 9.53 Å². The number of carbonyl (C=O) groups excluding carboxylic acids is 1. The maximum atomic E-state index is 12.1. The van der Waals surface area contributed by atoms with Gasteiger partial charge in [-0.2, -0.15) is 0 Å². The average Bonchev–Trinajstić information content (AvgIpc) is 2.32. The zero-order valence-electron chi connectivity index (χ0n) is 13.3. The molecule has 2 rings (SSSR count). The summed E-state index contributed by atoms with van der Waals surface area (Å²) in [4.78, 5) is 14.0. The van der Waals surface area contributed by atoms with E-state index < -0.39 is 5.60 Å². The van der Waals surface area contributed by atoms with Gasteiger partial charge >= 0.3 is 6.09 Å². The van der Waals surface area contributed by atoms with Crippen LogP contribution in [-0.4, -0.2) is 35.2 Å². The maximum Gasteiger partial charge on any atom is 0.410 e. The Morgan fingerprint density at radius 2 is 2.05 bits per heavy atom. The highest BCUT2D eigenvalue weighted by Gasteiger charge is 2.34.